The topological polar surface area (TPSA) is 35.8 Å². The van der Waals surface area contributed by atoms with E-state index in [1.807, 2.05) is 0 Å². The van der Waals surface area contributed by atoms with Crippen LogP contribution in [0.25, 0.3) is 0 Å². The van der Waals surface area contributed by atoms with Gasteiger partial charge in [-0.05, 0) is 50.6 Å². The number of nitriles is 1. The van der Waals surface area contributed by atoms with Crippen molar-refractivity contribution in [3.8, 4) is 6.07 Å². The van der Waals surface area contributed by atoms with Crippen LogP contribution in [-0.4, -0.2) is 13.1 Å². The molecule has 0 bridgehead atoms. The third-order valence-corrected chi connectivity index (χ3v) is 3.87. The Morgan fingerprint density at radius 1 is 1.12 bits per heavy atom. The average molecular weight is 222 g/mol. The zero-order chi connectivity index (χ0) is 11.6. The molecule has 0 aromatic heterocycles. The number of unbranched alkanes of at least 4 members (excludes halogenated alkanes) is 2. The summed E-state index contributed by atoms with van der Waals surface area (Å²) in [5, 5.41) is 11.9. The van der Waals surface area contributed by atoms with Crippen LogP contribution in [-0.2, 0) is 0 Å². The summed E-state index contributed by atoms with van der Waals surface area (Å²) in [5.74, 6) is 1.92. The minimum Gasteiger partial charge on any atom is -0.316 e. The van der Waals surface area contributed by atoms with Crippen LogP contribution in [0.5, 0.6) is 0 Å². The van der Waals surface area contributed by atoms with E-state index in [2.05, 4.69) is 18.3 Å². The molecule has 1 fully saturated rings. The molecule has 0 aromatic rings. The van der Waals surface area contributed by atoms with Crippen LogP contribution in [0.1, 0.15) is 58.3 Å². The van der Waals surface area contributed by atoms with Crippen molar-refractivity contribution in [3.05, 3.63) is 0 Å². The van der Waals surface area contributed by atoms with E-state index in [0.29, 0.717) is 6.42 Å². The van der Waals surface area contributed by atoms with E-state index in [4.69, 9.17) is 5.26 Å². The molecule has 2 heteroatoms. The summed E-state index contributed by atoms with van der Waals surface area (Å²) in [7, 11) is 0. The van der Waals surface area contributed by atoms with Gasteiger partial charge in [-0.1, -0.05) is 26.2 Å². The van der Waals surface area contributed by atoms with E-state index in [0.717, 1.165) is 31.2 Å². The molecular formula is C14H26N2. The van der Waals surface area contributed by atoms with Gasteiger partial charge in [0.25, 0.3) is 0 Å². The fraction of sp³-hybridized carbons (Fsp3) is 0.929. The van der Waals surface area contributed by atoms with Crippen LogP contribution in [0.3, 0.4) is 0 Å². The maximum atomic E-state index is 8.40. The zero-order valence-electron chi connectivity index (χ0n) is 10.7. The highest BCUT2D eigenvalue weighted by Gasteiger charge is 2.19. The second kappa shape index (κ2) is 8.58. The first-order valence-electron chi connectivity index (χ1n) is 6.94. The largest absolute Gasteiger partial charge is 0.316 e. The predicted octanol–water partition coefficient (Wildman–Crippen LogP) is 3.49. The van der Waals surface area contributed by atoms with Crippen molar-refractivity contribution in [1.82, 2.24) is 5.32 Å². The maximum absolute atomic E-state index is 8.40. The summed E-state index contributed by atoms with van der Waals surface area (Å²) in [4.78, 5) is 0. The Hall–Kier alpha value is -0.550. The Morgan fingerprint density at radius 2 is 1.81 bits per heavy atom. The van der Waals surface area contributed by atoms with Gasteiger partial charge in [0.05, 0.1) is 6.07 Å². The van der Waals surface area contributed by atoms with Gasteiger partial charge >= 0.3 is 0 Å². The average Bonchev–Trinajstić information content (AvgIpc) is 2.34. The van der Waals surface area contributed by atoms with Gasteiger partial charge in [0.1, 0.15) is 0 Å². The quantitative estimate of drug-likeness (QED) is 0.669. The van der Waals surface area contributed by atoms with Crippen LogP contribution in [0, 0.1) is 23.2 Å². The van der Waals surface area contributed by atoms with Crippen molar-refractivity contribution < 1.29 is 0 Å². The third kappa shape index (κ3) is 5.51. The van der Waals surface area contributed by atoms with Crippen molar-refractivity contribution in [1.29, 1.82) is 5.26 Å². The van der Waals surface area contributed by atoms with Crippen molar-refractivity contribution in [3.63, 3.8) is 0 Å². The highest BCUT2D eigenvalue weighted by atomic mass is 14.9. The first-order valence-corrected chi connectivity index (χ1v) is 6.94. The third-order valence-electron chi connectivity index (χ3n) is 3.87. The number of hydrogen-bond donors (Lipinski definition) is 1. The molecule has 0 spiro atoms. The normalized spacial score (nSPS) is 25.2. The van der Waals surface area contributed by atoms with Gasteiger partial charge in [-0.3, -0.25) is 0 Å². The molecule has 92 valence electrons. The molecule has 0 heterocycles. The molecule has 0 amide bonds. The molecule has 1 rings (SSSR count). The summed E-state index contributed by atoms with van der Waals surface area (Å²) < 4.78 is 0. The summed E-state index contributed by atoms with van der Waals surface area (Å²) in [6.45, 7) is 4.61. The van der Waals surface area contributed by atoms with Crippen LogP contribution >= 0.6 is 0 Å². The molecule has 0 radical (unpaired) electrons. The van der Waals surface area contributed by atoms with Gasteiger partial charge in [0, 0.05) is 6.42 Å². The van der Waals surface area contributed by atoms with E-state index in [9.17, 15) is 0 Å². The minimum absolute atomic E-state index is 0.712. The van der Waals surface area contributed by atoms with Crippen LogP contribution < -0.4 is 5.32 Å². The van der Waals surface area contributed by atoms with Gasteiger partial charge in [0.2, 0.25) is 0 Å². The Morgan fingerprint density at radius 3 is 2.44 bits per heavy atom. The molecule has 1 aliphatic carbocycles. The predicted molar refractivity (Wildman–Crippen MR) is 68.1 cm³/mol. The van der Waals surface area contributed by atoms with Gasteiger partial charge in [0.15, 0.2) is 0 Å². The van der Waals surface area contributed by atoms with Crippen molar-refractivity contribution in [2.24, 2.45) is 11.8 Å². The summed E-state index contributed by atoms with van der Waals surface area (Å²) >= 11 is 0. The van der Waals surface area contributed by atoms with Crippen molar-refractivity contribution >= 4 is 0 Å². The van der Waals surface area contributed by atoms with Crippen molar-refractivity contribution in [2.45, 2.75) is 58.3 Å². The fourth-order valence-corrected chi connectivity index (χ4v) is 2.60. The van der Waals surface area contributed by atoms with Crippen LogP contribution in [0.15, 0.2) is 0 Å². The lowest BCUT2D eigenvalue weighted by Gasteiger charge is -2.27. The number of rotatable bonds is 7. The number of nitrogens with zero attached hydrogens (tertiary/aromatic N) is 1. The molecule has 0 saturated heterocycles. The standard InChI is InChI=1S/C14H26N2/c1-2-13-6-8-14(9-7-13)12-16-11-5-3-4-10-15/h13-14,16H,2-9,11-12H2,1H3. The Balaban J connectivity index is 1.92. The lowest BCUT2D eigenvalue weighted by atomic mass is 9.81. The second-order valence-corrected chi connectivity index (χ2v) is 5.11. The monoisotopic (exact) mass is 222 g/mol. The highest BCUT2D eigenvalue weighted by molar-refractivity contribution is 4.73. The molecule has 0 aliphatic heterocycles. The Kier molecular flexibility index (Phi) is 7.25. The van der Waals surface area contributed by atoms with E-state index in [1.165, 1.54) is 38.6 Å². The molecule has 0 atom stereocenters. The van der Waals surface area contributed by atoms with E-state index < -0.39 is 0 Å². The lowest BCUT2D eigenvalue weighted by Crippen LogP contribution is -2.27. The smallest absolute Gasteiger partial charge is 0.0621 e. The molecule has 0 aromatic carbocycles. The highest BCUT2D eigenvalue weighted by Crippen LogP contribution is 2.29. The molecule has 1 saturated carbocycles. The summed E-state index contributed by atoms with van der Waals surface area (Å²) in [6, 6.07) is 2.19. The van der Waals surface area contributed by atoms with E-state index >= 15 is 0 Å². The van der Waals surface area contributed by atoms with Gasteiger partial charge in [-0.15, -0.1) is 0 Å². The summed E-state index contributed by atoms with van der Waals surface area (Å²) in [6.07, 6.45) is 10.0. The maximum Gasteiger partial charge on any atom is 0.0621 e. The van der Waals surface area contributed by atoms with Crippen LogP contribution in [0.2, 0.25) is 0 Å². The molecule has 16 heavy (non-hydrogen) atoms. The van der Waals surface area contributed by atoms with E-state index in [1.54, 1.807) is 0 Å². The van der Waals surface area contributed by atoms with Gasteiger partial charge in [-0.25, -0.2) is 0 Å². The fourth-order valence-electron chi connectivity index (χ4n) is 2.60. The van der Waals surface area contributed by atoms with Gasteiger partial charge in [-0.2, -0.15) is 5.26 Å². The minimum atomic E-state index is 0.712. The van der Waals surface area contributed by atoms with Gasteiger partial charge < -0.3 is 5.32 Å². The van der Waals surface area contributed by atoms with Crippen LogP contribution in [0.4, 0.5) is 0 Å². The Labute approximate surface area is 100 Å². The van der Waals surface area contributed by atoms with Crippen molar-refractivity contribution in [2.75, 3.05) is 13.1 Å². The number of hydrogen-bond acceptors (Lipinski definition) is 2. The SMILES string of the molecule is CCC1CCC(CNCCCCC#N)CC1. The molecular weight excluding hydrogens is 196 g/mol. The molecule has 0 unspecified atom stereocenters. The van der Waals surface area contributed by atoms with E-state index in [-0.39, 0.29) is 0 Å². The second-order valence-electron chi connectivity index (χ2n) is 5.11. The first kappa shape index (κ1) is 13.5. The molecule has 1 N–H and O–H groups in total. The molecule has 1 aliphatic rings. The molecule has 2 nitrogen and oxygen atoms in total. The lowest BCUT2D eigenvalue weighted by molar-refractivity contribution is 0.262. The first-order chi connectivity index (χ1) is 7.86. The zero-order valence-corrected chi connectivity index (χ0v) is 10.7. The summed E-state index contributed by atoms with van der Waals surface area (Å²) in [5.41, 5.74) is 0. The number of nitrogens with one attached hydrogen (secondary N) is 1. The Bertz CT molecular complexity index is 199.